The van der Waals surface area contributed by atoms with Crippen LogP contribution >= 0.6 is 11.3 Å². The Morgan fingerprint density at radius 3 is 3.19 bits per heavy atom. The Kier molecular flexibility index (Phi) is 4.18. The Bertz CT molecular complexity index is 338. The Morgan fingerprint density at radius 2 is 2.44 bits per heavy atom. The molecule has 0 fully saturated rings. The standard InChI is InChI=1S/C12H20N2OS/c1-2-15-12-14-10-6-5-9(4-3-7-13)8-11(10)16-12/h9H,2-8,13H2,1H3. The maximum atomic E-state index is 5.55. The second-order valence-electron chi connectivity index (χ2n) is 4.32. The first-order chi connectivity index (χ1) is 7.83. The van der Waals surface area contributed by atoms with Crippen LogP contribution in [0.15, 0.2) is 0 Å². The molecule has 0 saturated heterocycles. The van der Waals surface area contributed by atoms with Crippen molar-refractivity contribution < 1.29 is 4.74 Å². The first kappa shape index (κ1) is 11.9. The number of aromatic nitrogens is 1. The van der Waals surface area contributed by atoms with Gasteiger partial charge in [-0.1, -0.05) is 11.3 Å². The molecule has 2 rings (SSSR count). The highest BCUT2D eigenvalue weighted by atomic mass is 32.1. The Balaban J connectivity index is 1.97. The lowest BCUT2D eigenvalue weighted by Gasteiger charge is -2.20. The molecule has 4 heteroatoms. The molecule has 1 aromatic rings. The van der Waals surface area contributed by atoms with Crippen molar-refractivity contribution in [3.63, 3.8) is 0 Å². The fourth-order valence-electron chi connectivity index (χ4n) is 2.26. The number of nitrogens with zero attached hydrogens (tertiary/aromatic N) is 1. The quantitative estimate of drug-likeness (QED) is 0.859. The van der Waals surface area contributed by atoms with Gasteiger partial charge in [-0.2, -0.15) is 0 Å². The van der Waals surface area contributed by atoms with Crippen molar-refractivity contribution in [3.8, 4) is 5.19 Å². The third-order valence-corrected chi connectivity index (χ3v) is 4.14. The van der Waals surface area contributed by atoms with Gasteiger partial charge in [0.15, 0.2) is 0 Å². The highest BCUT2D eigenvalue weighted by Crippen LogP contribution is 2.34. The lowest BCUT2D eigenvalue weighted by Crippen LogP contribution is -2.14. The summed E-state index contributed by atoms with van der Waals surface area (Å²) in [6.45, 7) is 3.53. The number of ether oxygens (including phenoxy) is 1. The molecule has 0 spiro atoms. The van der Waals surface area contributed by atoms with E-state index in [1.165, 1.54) is 29.8 Å². The van der Waals surface area contributed by atoms with Crippen molar-refractivity contribution in [3.05, 3.63) is 10.6 Å². The molecule has 0 saturated carbocycles. The minimum Gasteiger partial charge on any atom is -0.470 e. The highest BCUT2D eigenvalue weighted by Gasteiger charge is 2.22. The van der Waals surface area contributed by atoms with E-state index in [0.29, 0.717) is 6.61 Å². The van der Waals surface area contributed by atoms with Crippen molar-refractivity contribution in [2.75, 3.05) is 13.2 Å². The largest absolute Gasteiger partial charge is 0.470 e. The maximum absolute atomic E-state index is 5.55. The second-order valence-corrected chi connectivity index (χ2v) is 5.37. The number of thiazole rings is 1. The molecular formula is C12H20N2OS. The average Bonchev–Trinajstić information content (AvgIpc) is 2.68. The van der Waals surface area contributed by atoms with E-state index < -0.39 is 0 Å². The van der Waals surface area contributed by atoms with Crippen LogP contribution in [0.4, 0.5) is 0 Å². The van der Waals surface area contributed by atoms with Gasteiger partial charge in [0.1, 0.15) is 0 Å². The summed E-state index contributed by atoms with van der Waals surface area (Å²) in [7, 11) is 0. The molecule has 1 aliphatic rings. The molecule has 90 valence electrons. The van der Waals surface area contributed by atoms with Crippen LogP contribution in [0.25, 0.3) is 0 Å². The number of hydrogen-bond acceptors (Lipinski definition) is 4. The summed E-state index contributed by atoms with van der Waals surface area (Å²) >= 11 is 1.73. The van der Waals surface area contributed by atoms with Gasteiger partial charge in [0.25, 0.3) is 5.19 Å². The zero-order chi connectivity index (χ0) is 11.4. The van der Waals surface area contributed by atoms with Gasteiger partial charge in [-0.05, 0) is 51.5 Å². The molecule has 0 radical (unpaired) electrons. The van der Waals surface area contributed by atoms with Crippen molar-refractivity contribution in [2.45, 2.75) is 39.0 Å². The number of rotatable bonds is 5. The van der Waals surface area contributed by atoms with Gasteiger partial charge in [-0.15, -0.1) is 0 Å². The predicted molar refractivity (Wildman–Crippen MR) is 67.1 cm³/mol. The van der Waals surface area contributed by atoms with Crippen molar-refractivity contribution in [1.82, 2.24) is 4.98 Å². The number of aryl methyl sites for hydroxylation is 1. The van der Waals surface area contributed by atoms with Crippen LogP contribution in [0.1, 0.15) is 36.8 Å². The molecular weight excluding hydrogens is 220 g/mol. The number of fused-ring (bicyclic) bond motifs is 1. The molecule has 0 aromatic carbocycles. The molecule has 1 aromatic heterocycles. The maximum Gasteiger partial charge on any atom is 0.273 e. The van der Waals surface area contributed by atoms with Crippen LogP contribution in [0, 0.1) is 5.92 Å². The third kappa shape index (κ3) is 2.74. The molecule has 1 unspecified atom stereocenters. The van der Waals surface area contributed by atoms with Crippen LogP contribution in [0.5, 0.6) is 5.19 Å². The second kappa shape index (κ2) is 5.64. The van der Waals surface area contributed by atoms with E-state index in [9.17, 15) is 0 Å². The summed E-state index contributed by atoms with van der Waals surface area (Å²) in [5.41, 5.74) is 6.83. The van der Waals surface area contributed by atoms with Gasteiger partial charge in [0, 0.05) is 4.88 Å². The fraction of sp³-hybridized carbons (Fsp3) is 0.750. The van der Waals surface area contributed by atoms with Crippen LogP contribution in [0.3, 0.4) is 0 Å². The van der Waals surface area contributed by atoms with Crippen LogP contribution < -0.4 is 10.5 Å². The lowest BCUT2D eigenvalue weighted by molar-refractivity contribution is 0.336. The van der Waals surface area contributed by atoms with Crippen LogP contribution in [-0.2, 0) is 12.8 Å². The summed E-state index contributed by atoms with van der Waals surface area (Å²) in [5, 5.41) is 0.854. The normalized spacial score (nSPS) is 19.5. The topological polar surface area (TPSA) is 48.1 Å². The van der Waals surface area contributed by atoms with Gasteiger partial charge in [-0.3, -0.25) is 0 Å². The molecule has 0 aliphatic heterocycles. The van der Waals surface area contributed by atoms with Gasteiger partial charge < -0.3 is 10.5 Å². The minimum atomic E-state index is 0.711. The summed E-state index contributed by atoms with van der Waals surface area (Å²) in [6, 6.07) is 0. The average molecular weight is 240 g/mol. The number of hydrogen-bond donors (Lipinski definition) is 1. The van der Waals surface area contributed by atoms with Gasteiger partial charge in [0.2, 0.25) is 0 Å². The summed E-state index contributed by atoms with van der Waals surface area (Å²) in [6.07, 6.45) is 5.98. The Morgan fingerprint density at radius 1 is 1.56 bits per heavy atom. The van der Waals surface area contributed by atoms with E-state index >= 15 is 0 Å². The molecule has 1 heterocycles. The van der Waals surface area contributed by atoms with Crippen molar-refractivity contribution in [1.29, 1.82) is 0 Å². The lowest BCUT2D eigenvalue weighted by atomic mass is 9.88. The van der Waals surface area contributed by atoms with Gasteiger partial charge in [-0.25, -0.2) is 4.98 Å². The fourth-order valence-corrected chi connectivity index (χ4v) is 3.39. The highest BCUT2D eigenvalue weighted by molar-refractivity contribution is 7.13. The van der Waals surface area contributed by atoms with Gasteiger partial charge >= 0.3 is 0 Å². The van der Waals surface area contributed by atoms with Crippen LogP contribution in [-0.4, -0.2) is 18.1 Å². The molecule has 0 amide bonds. The Labute approximate surface area is 101 Å². The molecule has 16 heavy (non-hydrogen) atoms. The van der Waals surface area contributed by atoms with Gasteiger partial charge in [0.05, 0.1) is 12.3 Å². The Hall–Kier alpha value is -0.610. The monoisotopic (exact) mass is 240 g/mol. The number of nitrogens with two attached hydrogens (primary N) is 1. The molecule has 1 aliphatic carbocycles. The summed E-state index contributed by atoms with van der Waals surface area (Å²) in [4.78, 5) is 5.97. The van der Waals surface area contributed by atoms with E-state index in [1.54, 1.807) is 11.3 Å². The predicted octanol–water partition coefficient (Wildman–Crippen LogP) is 2.39. The molecule has 2 N–H and O–H groups in total. The summed E-state index contributed by atoms with van der Waals surface area (Å²) in [5.74, 6) is 0.811. The smallest absolute Gasteiger partial charge is 0.273 e. The third-order valence-electron chi connectivity index (χ3n) is 3.11. The van der Waals surface area contributed by atoms with Crippen molar-refractivity contribution >= 4 is 11.3 Å². The SMILES string of the molecule is CCOc1nc2c(s1)CC(CCCN)CC2. The minimum absolute atomic E-state index is 0.711. The molecule has 3 nitrogen and oxygen atoms in total. The van der Waals surface area contributed by atoms with E-state index in [2.05, 4.69) is 4.98 Å². The van der Waals surface area contributed by atoms with Crippen LogP contribution in [0.2, 0.25) is 0 Å². The zero-order valence-electron chi connectivity index (χ0n) is 9.87. The van der Waals surface area contributed by atoms with Crippen molar-refractivity contribution in [2.24, 2.45) is 11.7 Å². The molecule has 0 bridgehead atoms. The zero-order valence-corrected chi connectivity index (χ0v) is 10.7. The van der Waals surface area contributed by atoms with E-state index in [-0.39, 0.29) is 0 Å². The first-order valence-corrected chi connectivity index (χ1v) is 6.96. The summed E-state index contributed by atoms with van der Waals surface area (Å²) < 4.78 is 5.46. The van der Waals surface area contributed by atoms with E-state index in [1.807, 2.05) is 6.92 Å². The first-order valence-electron chi connectivity index (χ1n) is 6.15. The van der Waals surface area contributed by atoms with E-state index in [0.717, 1.165) is 30.5 Å². The van der Waals surface area contributed by atoms with E-state index in [4.69, 9.17) is 10.5 Å². The molecule has 1 atom stereocenters.